The van der Waals surface area contributed by atoms with Gasteiger partial charge in [0.2, 0.25) is 0 Å². The van der Waals surface area contributed by atoms with Gasteiger partial charge in [-0.2, -0.15) is 0 Å². The number of hydrogen-bond acceptors (Lipinski definition) is 6. The first-order chi connectivity index (χ1) is 17.9. The molecule has 8 nitrogen and oxygen atoms in total. The van der Waals surface area contributed by atoms with E-state index in [1.54, 1.807) is 0 Å². The third-order valence-corrected chi connectivity index (χ3v) is 9.69. The van der Waals surface area contributed by atoms with E-state index in [-0.39, 0.29) is 24.4 Å². The van der Waals surface area contributed by atoms with Crippen LogP contribution in [0.1, 0.15) is 89.5 Å². The van der Waals surface area contributed by atoms with Crippen molar-refractivity contribution >= 4 is 22.8 Å². The van der Waals surface area contributed by atoms with Crippen molar-refractivity contribution in [2.45, 2.75) is 113 Å². The van der Waals surface area contributed by atoms with Gasteiger partial charge in [-0.25, -0.2) is 9.78 Å². The fraction of sp³-hybridized carbons (Fsp3) is 0.690. The van der Waals surface area contributed by atoms with Crippen molar-refractivity contribution in [3.05, 3.63) is 34.6 Å². The number of rotatable bonds is 4. The van der Waals surface area contributed by atoms with Crippen molar-refractivity contribution in [2.75, 3.05) is 18.0 Å². The van der Waals surface area contributed by atoms with Gasteiger partial charge < -0.3 is 19.7 Å². The van der Waals surface area contributed by atoms with Crippen LogP contribution in [0.5, 0.6) is 0 Å². The number of carboxylic acids is 1. The zero-order valence-corrected chi connectivity index (χ0v) is 21.7. The number of aliphatic carboxylic acids is 1. The predicted molar refractivity (Wildman–Crippen MR) is 143 cm³/mol. The molecular formula is C29H40N4O4. The fourth-order valence-corrected chi connectivity index (χ4v) is 7.74. The first-order valence-corrected chi connectivity index (χ1v) is 14.4. The fourth-order valence-electron chi connectivity index (χ4n) is 7.74. The zero-order valence-electron chi connectivity index (χ0n) is 21.7. The number of benzene rings is 1. The minimum atomic E-state index is -1.73. The molecule has 0 radical (unpaired) electrons. The molecule has 0 amide bonds. The molecule has 1 aliphatic carbocycles. The highest BCUT2D eigenvalue weighted by Gasteiger charge is 2.45. The van der Waals surface area contributed by atoms with E-state index in [1.807, 2.05) is 33.7 Å². The molecule has 37 heavy (non-hydrogen) atoms. The summed E-state index contributed by atoms with van der Waals surface area (Å²) in [4.78, 5) is 35.0. The predicted octanol–water partition coefficient (Wildman–Crippen LogP) is 4.09. The maximum Gasteiger partial charge on any atom is 0.335 e. The molecule has 200 valence electrons. The molecule has 1 aromatic carbocycles. The highest BCUT2D eigenvalue weighted by Crippen LogP contribution is 2.44. The standard InChI is InChI=1S/C29H40N4O4/c34-27-26(31-16-14-29(37,15-17-31)28(35)36)30-24-10-6-7-11-25(24)33(27)23-18-21-12-13-22(19-23)32(21)20-8-4-2-1-3-5-9-20/h6-7,10-11,20-23,37H,1-5,8-9,12-19H2,(H,35,36)/t21-,22?,23?/m0/s1. The number of carboxylic acid groups (broad SMARTS) is 1. The number of anilines is 1. The highest BCUT2D eigenvalue weighted by atomic mass is 16.4. The van der Waals surface area contributed by atoms with Gasteiger partial charge in [0, 0.05) is 50.1 Å². The lowest BCUT2D eigenvalue weighted by molar-refractivity contribution is -0.160. The van der Waals surface area contributed by atoms with E-state index in [1.165, 1.54) is 57.8 Å². The molecule has 4 fully saturated rings. The van der Waals surface area contributed by atoms with E-state index >= 15 is 0 Å². The maximum absolute atomic E-state index is 14.0. The van der Waals surface area contributed by atoms with Crippen molar-refractivity contribution < 1.29 is 15.0 Å². The van der Waals surface area contributed by atoms with Gasteiger partial charge in [-0.15, -0.1) is 0 Å². The summed E-state index contributed by atoms with van der Waals surface area (Å²) < 4.78 is 2.01. The molecule has 2 bridgehead atoms. The second-order valence-corrected chi connectivity index (χ2v) is 11.9. The highest BCUT2D eigenvalue weighted by molar-refractivity contribution is 5.78. The Morgan fingerprint density at radius 2 is 1.49 bits per heavy atom. The number of nitrogens with zero attached hydrogens (tertiary/aromatic N) is 4. The molecule has 3 aliphatic heterocycles. The first-order valence-electron chi connectivity index (χ1n) is 14.4. The SMILES string of the molecule is O=C(O)C1(O)CCN(c2nc3ccccc3n(C3CC4CC[C@@H](C3)N4C3CCCCCCC3)c2=O)CC1. The maximum atomic E-state index is 14.0. The Balaban J connectivity index is 1.30. The molecule has 3 saturated heterocycles. The Morgan fingerprint density at radius 1 is 0.865 bits per heavy atom. The van der Waals surface area contributed by atoms with E-state index in [2.05, 4.69) is 4.90 Å². The van der Waals surface area contributed by atoms with E-state index in [9.17, 15) is 19.8 Å². The molecule has 4 heterocycles. The van der Waals surface area contributed by atoms with Gasteiger partial charge in [0.1, 0.15) is 0 Å². The van der Waals surface area contributed by atoms with Gasteiger partial charge in [-0.3, -0.25) is 9.69 Å². The Bertz CT molecular complexity index is 1180. The van der Waals surface area contributed by atoms with Gasteiger partial charge >= 0.3 is 5.97 Å². The lowest BCUT2D eigenvalue weighted by Crippen LogP contribution is -2.52. The summed E-state index contributed by atoms with van der Waals surface area (Å²) in [6, 6.07) is 9.82. The van der Waals surface area contributed by atoms with Gasteiger partial charge in [0.05, 0.1) is 11.0 Å². The lowest BCUT2D eigenvalue weighted by atomic mass is 9.89. The van der Waals surface area contributed by atoms with Crippen molar-refractivity contribution in [1.82, 2.24) is 14.5 Å². The number of para-hydroxylation sites is 2. The topological polar surface area (TPSA) is 98.9 Å². The van der Waals surface area contributed by atoms with Gasteiger partial charge in [0.15, 0.2) is 11.4 Å². The van der Waals surface area contributed by atoms with Crippen LogP contribution in [-0.2, 0) is 4.79 Å². The van der Waals surface area contributed by atoms with Crippen LogP contribution in [0.3, 0.4) is 0 Å². The van der Waals surface area contributed by atoms with Crippen LogP contribution in [0.2, 0.25) is 0 Å². The summed E-state index contributed by atoms with van der Waals surface area (Å²) in [6.45, 7) is 0.601. The third-order valence-electron chi connectivity index (χ3n) is 9.69. The van der Waals surface area contributed by atoms with Crippen LogP contribution in [0.15, 0.2) is 29.1 Å². The molecule has 1 aromatic heterocycles. The normalized spacial score (nSPS) is 29.2. The Labute approximate surface area is 218 Å². The largest absolute Gasteiger partial charge is 0.479 e. The summed E-state index contributed by atoms with van der Waals surface area (Å²) in [6.07, 6.45) is 14.0. The molecule has 1 saturated carbocycles. The number of aromatic nitrogens is 2. The molecule has 4 aliphatic rings. The van der Waals surface area contributed by atoms with Gasteiger partial charge in [0.25, 0.3) is 5.56 Å². The van der Waals surface area contributed by atoms with E-state index in [4.69, 9.17) is 4.98 Å². The minimum absolute atomic E-state index is 0.0803. The van der Waals surface area contributed by atoms with Crippen molar-refractivity contribution in [3.63, 3.8) is 0 Å². The van der Waals surface area contributed by atoms with Crippen LogP contribution in [-0.4, -0.2) is 67.4 Å². The van der Waals surface area contributed by atoms with Crippen LogP contribution in [0.25, 0.3) is 11.0 Å². The summed E-state index contributed by atoms with van der Waals surface area (Å²) in [7, 11) is 0. The van der Waals surface area contributed by atoms with Crippen molar-refractivity contribution in [2.24, 2.45) is 0 Å². The molecule has 2 N–H and O–H groups in total. The summed E-state index contributed by atoms with van der Waals surface area (Å²) in [5.41, 5.74) is -0.122. The molecular weight excluding hydrogens is 468 g/mol. The molecule has 6 rings (SSSR count). The Hall–Kier alpha value is -2.45. The number of fused-ring (bicyclic) bond motifs is 3. The van der Waals surface area contributed by atoms with Gasteiger partial charge in [-0.05, 0) is 50.7 Å². The van der Waals surface area contributed by atoms with Crippen molar-refractivity contribution in [1.29, 1.82) is 0 Å². The minimum Gasteiger partial charge on any atom is -0.479 e. The second kappa shape index (κ2) is 10.0. The first kappa shape index (κ1) is 24.9. The number of hydrogen-bond donors (Lipinski definition) is 2. The van der Waals surface area contributed by atoms with E-state index < -0.39 is 11.6 Å². The summed E-state index contributed by atoms with van der Waals surface area (Å²) in [5, 5.41) is 19.8. The molecule has 2 aromatic rings. The lowest BCUT2D eigenvalue weighted by Gasteiger charge is -2.45. The number of aliphatic hydroxyl groups is 1. The smallest absolute Gasteiger partial charge is 0.335 e. The quantitative estimate of drug-likeness (QED) is 0.642. The average Bonchev–Trinajstić information content (AvgIpc) is 3.13. The van der Waals surface area contributed by atoms with Crippen LogP contribution < -0.4 is 10.5 Å². The van der Waals surface area contributed by atoms with E-state index in [0.29, 0.717) is 37.0 Å². The number of carbonyl (C=O) groups is 1. The van der Waals surface area contributed by atoms with E-state index in [0.717, 1.165) is 23.9 Å². The van der Waals surface area contributed by atoms with Gasteiger partial charge in [-0.1, -0.05) is 44.2 Å². The average molecular weight is 509 g/mol. The monoisotopic (exact) mass is 508 g/mol. The van der Waals surface area contributed by atoms with Crippen molar-refractivity contribution in [3.8, 4) is 0 Å². The molecule has 8 heteroatoms. The third kappa shape index (κ3) is 4.56. The zero-order chi connectivity index (χ0) is 25.6. The molecule has 2 unspecified atom stereocenters. The van der Waals surface area contributed by atoms with Crippen LogP contribution in [0.4, 0.5) is 5.82 Å². The number of piperidine rings is 2. The Morgan fingerprint density at radius 3 is 2.14 bits per heavy atom. The van der Waals surface area contributed by atoms with Crippen LogP contribution in [0, 0.1) is 0 Å². The summed E-state index contributed by atoms with van der Waals surface area (Å²) in [5.74, 6) is -0.802. The molecule has 0 spiro atoms. The van der Waals surface area contributed by atoms with Crippen LogP contribution >= 0.6 is 0 Å². The second-order valence-electron chi connectivity index (χ2n) is 11.9. The summed E-state index contributed by atoms with van der Waals surface area (Å²) >= 11 is 0. The Kier molecular flexibility index (Phi) is 6.74. The molecule has 3 atom stereocenters.